The van der Waals surface area contributed by atoms with Gasteiger partial charge in [0.15, 0.2) is 5.96 Å². The number of amides is 2. The summed E-state index contributed by atoms with van der Waals surface area (Å²) >= 11 is 0. The fourth-order valence-electron chi connectivity index (χ4n) is 6.08. The number of hydrogen-bond acceptors (Lipinski definition) is 9. The number of esters is 1. The van der Waals surface area contributed by atoms with Gasteiger partial charge in [0, 0.05) is 31.1 Å². The molecule has 2 aromatic carbocycles. The zero-order valence-corrected chi connectivity index (χ0v) is 27.0. The van der Waals surface area contributed by atoms with Crippen LogP contribution in [0.2, 0.25) is 0 Å². The summed E-state index contributed by atoms with van der Waals surface area (Å²) < 4.78 is 11.2. The molecule has 11 heteroatoms. The van der Waals surface area contributed by atoms with Crippen molar-refractivity contribution < 1.29 is 29.0 Å². The van der Waals surface area contributed by atoms with E-state index in [-0.39, 0.29) is 43.5 Å². The second kappa shape index (κ2) is 18.1. The predicted octanol–water partition coefficient (Wildman–Crippen LogP) is 4.42. The molecule has 1 fully saturated rings. The number of benzene rings is 2. The van der Waals surface area contributed by atoms with Crippen LogP contribution in [0.1, 0.15) is 92.6 Å². The SMILES string of the molecule is CCOC(=O)c1cccc(CNC(=O)CN2Cc3c(cccc3OCCCCCCC(=O)N(CCO)C3CCCCC3)N=C2N)c1. The highest BCUT2D eigenvalue weighted by Crippen LogP contribution is 2.33. The summed E-state index contributed by atoms with van der Waals surface area (Å²) in [5.41, 5.74) is 9.05. The van der Waals surface area contributed by atoms with E-state index in [0.29, 0.717) is 38.3 Å². The lowest BCUT2D eigenvalue weighted by Gasteiger charge is -2.34. The monoisotopic (exact) mass is 635 g/mol. The van der Waals surface area contributed by atoms with E-state index in [1.807, 2.05) is 29.2 Å². The van der Waals surface area contributed by atoms with Crippen molar-refractivity contribution in [2.45, 2.75) is 90.3 Å². The number of unbranched alkanes of at least 4 members (excludes halogenated alkanes) is 3. The summed E-state index contributed by atoms with van der Waals surface area (Å²) in [6.07, 6.45) is 9.75. The smallest absolute Gasteiger partial charge is 0.338 e. The molecule has 250 valence electrons. The van der Waals surface area contributed by atoms with E-state index in [1.54, 1.807) is 30.0 Å². The van der Waals surface area contributed by atoms with Gasteiger partial charge in [-0.3, -0.25) is 9.59 Å². The van der Waals surface area contributed by atoms with Crippen LogP contribution in [0.3, 0.4) is 0 Å². The van der Waals surface area contributed by atoms with E-state index in [4.69, 9.17) is 15.2 Å². The molecule has 1 heterocycles. The number of carbonyl (C=O) groups excluding carboxylic acids is 3. The third kappa shape index (κ3) is 10.2. The number of nitrogens with one attached hydrogen (secondary N) is 1. The zero-order chi connectivity index (χ0) is 32.7. The Morgan fingerprint density at radius 2 is 1.85 bits per heavy atom. The first kappa shape index (κ1) is 34.7. The van der Waals surface area contributed by atoms with Crippen LogP contribution in [-0.4, -0.2) is 77.6 Å². The first-order chi connectivity index (χ1) is 22.4. The summed E-state index contributed by atoms with van der Waals surface area (Å²) in [5.74, 6) is 0.525. The minimum atomic E-state index is -0.396. The summed E-state index contributed by atoms with van der Waals surface area (Å²) in [4.78, 5) is 45.8. The number of ether oxygens (including phenoxy) is 2. The number of nitrogens with zero attached hydrogens (tertiary/aromatic N) is 3. The van der Waals surface area contributed by atoms with Crippen molar-refractivity contribution in [3.63, 3.8) is 0 Å². The van der Waals surface area contributed by atoms with E-state index >= 15 is 0 Å². The minimum absolute atomic E-state index is 0.0143. The molecule has 0 radical (unpaired) electrons. The van der Waals surface area contributed by atoms with E-state index < -0.39 is 5.97 Å². The molecule has 1 aliphatic heterocycles. The number of aliphatic imine (C=N–C) groups is 1. The number of nitrogens with two attached hydrogens (primary N) is 1. The number of carbonyl (C=O) groups is 3. The van der Waals surface area contributed by atoms with Crippen molar-refractivity contribution in [2.24, 2.45) is 10.7 Å². The molecule has 2 aliphatic rings. The number of fused-ring (bicyclic) bond motifs is 1. The van der Waals surface area contributed by atoms with Gasteiger partial charge in [0.25, 0.3) is 0 Å². The molecular formula is C35H49N5O6. The van der Waals surface area contributed by atoms with E-state index in [1.165, 1.54) is 6.42 Å². The van der Waals surface area contributed by atoms with E-state index in [0.717, 1.165) is 73.9 Å². The van der Waals surface area contributed by atoms with Gasteiger partial charge in [0.2, 0.25) is 11.8 Å². The molecule has 1 aliphatic carbocycles. The molecule has 0 spiro atoms. The second-order valence-electron chi connectivity index (χ2n) is 11.9. The van der Waals surface area contributed by atoms with Crippen LogP contribution in [0, 0.1) is 0 Å². The standard InChI is InChI=1S/C35H49N5O6/c1-2-45-34(44)27-13-10-12-26(22-27)23-37-32(42)25-39-24-29-30(38-35(39)36)16-11-17-31(29)46-21-9-4-3-8-18-33(43)40(19-20-41)28-14-6-5-7-15-28/h10-13,16-17,22,28,41H,2-9,14-15,18-21,23-25H2,1H3,(H2,36,38)(H,37,42). The minimum Gasteiger partial charge on any atom is -0.493 e. The van der Waals surface area contributed by atoms with Gasteiger partial charge in [0.05, 0.1) is 37.6 Å². The van der Waals surface area contributed by atoms with Gasteiger partial charge in [-0.05, 0) is 62.4 Å². The normalized spacial score (nSPS) is 14.7. The van der Waals surface area contributed by atoms with Gasteiger partial charge < -0.3 is 35.4 Å². The largest absolute Gasteiger partial charge is 0.493 e. The van der Waals surface area contributed by atoms with Gasteiger partial charge in [-0.1, -0.05) is 50.3 Å². The Morgan fingerprint density at radius 3 is 2.63 bits per heavy atom. The highest BCUT2D eigenvalue weighted by Gasteiger charge is 2.25. The van der Waals surface area contributed by atoms with Crippen LogP contribution in [-0.2, 0) is 27.4 Å². The fourth-order valence-corrected chi connectivity index (χ4v) is 6.08. The molecule has 46 heavy (non-hydrogen) atoms. The number of rotatable bonds is 17. The van der Waals surface area contributed by atoms with Crippen LogP contribution >= 0.6 is 0 Å². The lowest BCUT2D eigenvalue weighted by atomic mass is 9.94. The lowest BCUT2D eigenvalue weighted by Crippen LogP contribution is -2.44. The Hall–Kier alpha value is -4.12. The Balaban J connectivity index is 1.19. The summed E-state index contributed by atoms with van der Waals surface area (Å²) in [6, 6.07) is 12.9. The Kier molecular flexibility index (Phi) is 13.7. The first-order valence-electron chi connectivity index (χ1n) is 16.7. The molecule has 4 rings (SSSR count). The molecule has 11 nitrogen and oxygen atoms in total. The van der Waals surface area contributed by atoms with Crippen molar-refractivity contribution >= 4 is 29.4 Å². The van der Waals surface area contributed by atoms with Crippen molar-refractivity contribution in [3.8, 4) is 5.75 Å². The Labute approximate surface area is 272 Å². The zero-order valence-electron chi connectivity index (χ0n) is 27.0. The molecule has 0 unspecified atom stereocenters. The van der Waals surface area contributed by atoms with E-state index in [9.17, 15) is 19.5 Å². The van der Waals surface area contributed by atoms with E-state index in [2.05, 4.69) is 10.3 Å². The molecular weight excluding hydrogens is 586 g/mol. The highest BCUT2D eigenvalue weighted by atomic mass is 16.5. The lowest BCUT2D eigenvalue weighted by molar-refractivity contribution is -0.135. The summed E-state index contributed by atoms with van der Waals surface area (Å²) in [6.45, 7) is 3.71. The number of hydrogen-bond donors (Lipinski definition) is 3. The fraction of sp³-hybridized carbons (Fsp3) is 0.543. The molecule has 0 aromatic heterocycles. The first-order valence-corrected chi connectivity index (χ1v) is 16.7. The maximum absolute atomic E-state index is 12.8. The molecule has 1 saturated carbocycles. The van der Waals surface area contributed by atoms with Gasteiger partial charge >= 0.3 is 5.97 Å². The molecule has 0 atom stereocenters. The van der Waals surface area contributed by atoms with Gasteiger partial charge in [0.1, 0.15) is 12.3 Å². The highest BCUT2D eigenvalue weighted by molar-refractivity contribution is 5.90. The second-order valence-corrected chi connectivity index (χ2v) is 11.9. The quantitative estimate of drug-likeness (QED) is 0.171. The molecule has 2 aromatic rings. The Bertz CT molecular complexity index is 1340. The van der Waals surface area contributed by atoms with Gasteiger partial charge in [-0.25, -0.2) is 9.79 Å². The summed E-state index contributed by atoms with van der Waals surface area (Å²) in [7, 11) is 0. The molecule has 0 saturated heterocycles. The van der Waals surface area contributed by atoms with Gasteiger partial charge in [-0.15, -0.1) is 0 Å². The summed E-state index contributed by atoms with van der Waals surface area (Å²) in [5, 5.41) is 12.3. The third-order valence-corrected chi connectivity index (χ3v) is 8.50. The average molecular weight is 636 g/mol. The maximum Gasteiger partial charge on any atom is 0.338 e. The van der Waals surface area contributed by atoms with Crippen molar-refractivity contribution in [2.75, 3.05) is 32.9 Å². The van der Waals surface area contributed by atoms with Crippen LogP contribution in [0.15, 0.2) is 47.5 Å². The number of aliphatic hydroxyl groups excluding tert-OH is 1. The third-order valence-electron chi connectivity index (χ3n) is 8.50. The average Bonchev–Trinajstić information content (AvgIpc) is 3.07. The molecule has 2 amide bonds. The molecule has 0 bridgehead atoms. The van der Waals surface area contributed by atoms with Crippen molar-refractivity contribution in [3.05, 3.63) is 59.2 Å². The Morgan fingerprint density at radius 1 is 1.07 bits per heavy atom. The van der Waals surface area contributed by atoms with Crippen molar-refractivity contribution in [1.29, 1.82) is 0 Å². The van der Waals surface area contributed by atoms with Crippen LogP contribution < -0.4 is 15.8 Å². The molecule has 4 N–H and O–H groups in total. The van der Waals surface area contributed by atoms with Crippen molar-refractivity contribution in [1.82, 2.24) is 15.1 Å². The van der Waals surface area contributed by atoms with Gasteiger partial charge in [-0.2, -0.15) is 0 Å². The predicted molar refractivity (Wildman–Crippen MR) is 177 cm³/mol. The topological polar surface area (TPSA) is 147 Å². The van der Waals surface area contributed by atoms with Crippen LogP contribution in [0.4, 0.5) is 5.69 Å². The van der Waals surface area contributed by atoms with Crippen LogP contribution in [0.5, 0.6) is 5.75 Å². The number of aliphatic hydroxyl groups is 1. The van der Waals surface area contributed by atoms with Crippen LogP contribution in [0.25, 0.3) is 0 Å². The number of guanidine groups is 1. The maximum atomic E-state index is 12.8.